The van der Waals surface area contributed by atoms with Crippen LogP contribution in [0.15, 0.2) is 18.2 Å². The Labute approximate surface area is 216 Å². The van der Waals surface area contributed by atoms with Crippen LogP contribution >= 0.6 is 0 Å². The minimum Gasteiger partial charge on any atom is -0.399 e. The summed E-state index contributed by atoms with van der Waals surface area (Å²) in [5.74, 6) is 0.339. The fourth-order valence-corrected chi connectivity index (χ4v) is 7.64. The molecule has 4 heterocycles. The highest BCUT2D eigenvalue weighted by atomic mass is 16.7. The van der Waals surface area contributed by atoms with Gasteiger partial charge in [-0.05, 0) is 121 Å². The van der Waals surface area contributed by atoms with E-state index in [1.165, 1.54) is 44.3 Å². The first kappa shape index (κ1) is 23.7. The second-order valence-corrected chi connectivity index (χ2v) is 13.7. The third-order valence-electron chi connectivity index (χ3n) is 11.0. The Balaban J connectivity index is 1.17. The van der Waals surface area contributed by atoms with Crippen molar-refractivity contribution in [2.24, 2.45) is 5.41 Å². The highest BCUT2D eigenvalue weighted by Crippen LogP contribution is 2.54. The van der Waals surface area contributed by atoms with E-state index in [-0.39, 0.29) is 16.6 Å². The van der Waals surface area contributed by atoms with Crippen molar-refractivity contribution in [1.82, 2.24) is 10.2 Å². The van der Waals surface area contributed by atoms with Crippen molar-refractivity contribution in [3.63, 3.8) is 0 Å². The fraction of sp³-hybridized carbons (Fsp3) is 0.759. The van der Waals surface area contributed by atoms with E-state index in [4.69, 9.17) is 9.31 Å². The number of benzene rings is 1. The lowest BCUT2D eigenvalue weighted by molar-refractivity contribution is -0.125. The Morgan fingerprint density at radius 3 is 2.31 bits per heavy atom. The number of carbonyl (C=O) groups is 1. The predicted octanol–water partition coefficient (Wildman–Crippen LogP) is 3.36. The highest BCUT2D eigenvalue weighted by molar-refractivity contribution is 6.62. The molecule has 194 valence electrons. The molecule has 4 aliphatic heterocycles. The number of hydrogen-bond acceptors (Lipinski definition) is 5. The molecular weight excluding hydrogens is 449 g/mol. The predicted molar refractivity (Wildman–Crippen MR) is 143 cm³/mol. The molecular formula is C29H42BN3O3. The number of likely N-dealkylation sites (tertiary alicyclic amines) is 1. The zero-order valence-corrected chi connectivity index (χ0v) is 22.6. The van der Waals surface area contributed by atoms with Crippen molar-refractivity contribution in [2.75, 3.05) is 31.1 Å². The lowest BCUT2D eigenvalue weighted by Crippen LogP contribution is -2.59. The summed E-state index contributed by atoms with van der Waals surface area (Å²) in [6.45, 7) is 12.7. The summed E-state index contributed by atoms with van der Waals surface area (Å²) in [5, 5.41) is 3.48. The topological polar surface area (TPSA) is 54.0 Å². The van der Waals surface area contributed by atoms with Crippen LogP contribution in [-0.2, 0) is 19.5 Å². The Kier molecular flexibility index (Phi) is 5.14. The third-order valence-corrected chi connectivity index (χ3v) is 11.0. The molecule has 2 saturated carbocycles. The molecule has 1 aromatic rings. The average Bonchev–Trinajstić information content (AvgIpc) is 3.47. The molecule has 1 N–H and O–H groups in total. The monoisotopic (exact) mass is 491 g/mol. The normalized spacial score (nSPS) is 33.7. The van der Waals surface area contributed by atoms with Crippen LogP contribution < -0.4 is 15.7 Å². The Morgan fingerprint density at radius 2 is 1.64 bits per heavy atom. The first-order valence-electron chi connectivity index (χ1n) is 14.4. The summed E-state index contributed by atoms with van der Waals surface area (Å²) >= 11 is 0. The molecule has 0 aromatic heterocycles. The van der Waals surface area contributed by atoms with Gasteiger partial charge in [-0.15, -0.1) is 0 Å². The second kappa shape index (κ2) is 7.81. The number of nitrogens with zero attached hydrogens (tertiary/aromatic N) is 2. The summed E-state index contributed by atoms with van der Waals surface area (Å²) in [4.78, 5) is 19.2. The molecule has 1 aromatic carbocycles. The van der Waals surface area contributed by atoms with Gasteiger partial charge in [0.1, 0.15) is 0 Å². The maximum atomic E-state index is 14.2. The van der Waals surface area contributed by atoms with Crippen LogP contribution in [0.2, 0.25) is 0 Å². The molecule has 36 heavy (non-hydrogen) atoms. The molecule has 6 aliphatic rings. The SMILES string of the molecule is CC1(C)OB(c2ccc3c(c2)N([C@H]2C[C@@H](N4CCCC5(CC5)C4)C2)C(=O)C32CCNCC2)OC1(C)C. The Morgan fingerprint density at radius 1 is 0.944 bits per heavy atom. The van der Waals surface area contributed by atoms with Gasteiger partial charge >= 0.3 is 7.12 Å². The van der Waals surface area contributed by atoms with Gasteiger partial charge in [0.25, 0.3) is 0 Å². The van der Waals surface area contributed by atoms with Gasteiger partial charge in [-0.25, -0.2) is 0 Å². The number of amides is 1. The molecule has 7 rings (SSSR count). The Bertz CT molecular complexity index is 1060. The van der Waals surface area contributed by atoms with Crippen LogP contribution in [-0.4, -0.2) is 67.4 Å². The first-order valence-corrected chi connectivity index (χ1v) is 14.4. The van der Waals surface area contributed by atoms with E-state index >= 15 is 0 Å². The lowest BCUT2D eigenvalue weighted by atomic mass is 9.72. The molecule has 3 saturated heterocycles. The number of carbonyl (C=O) groups excluding carboxylic acids is 1. The number of anilines is 1. The summed E-state index contributed by atoms with van der Waals surface area (Å²) < 4.78 is 12.8. The largest absolute Gasteiger partial charge is 0.494 e. The summed E-state index contributed by atoms with van der Waals surface area (Å²) in [6, 6.07) is 7.53. The van der Waals surface area contributed by atoms with Crippen LogP contribution in [0, 0.1) is 5.41 Å². The fourth-order valence-electron chi connectivity index (χ4n) is 7.64. The van der Waals surface area contributed by atoms with Gasteiger partial charge in [0.05, 0.1) is 16.6 Å². The van der Waals surface area contributed by atoms with Crippen molar-refractivity contribution in [1.29, 1.82) is 0 Å². The quantitative estimate of drug-likeness (QED) is 0.658. The maximum absolute atomic E-state index is 14.2. The van der Waals surface area contributed by atoms with Crippen LogP contribution in [0.25, 0.3) is 0 Å². The van der Waals surface area contributed by atoms with Gasteiger partial charge in [-0.1, -0.05) is 12.1 Å². The summed E-state index contributed by atoms with van der Waals surface area (Å²) in [5.41, 5.74) is 2.90. The van der Waals surface area contributed by atoms with E-state index in [2.05, 4.69) is 61.0 Å². The minimum absolute atomic E-state index is 0.307. The smallest absolute Gasteiger partial charge is 0.399 e. The van der Waals surface area contributed by atoms with Gasteiger partial charge in [-0.3, -0.25) is 9.69 Å². The van der Waals surface area contributed by atoms with Gasteiger partial charge in [0, 0.05) is 24.3 Å². The second-order valence-electron chi connectivity index (χ2n) is 13.7. The van der Waals surface area contributed by atoms with Gasteiger partial charge in [0.2, 0.25) is 5.91 Å². The molecule has 0 bridgehead atoms. The number of rotatable bonds is 3. The van der Waals surface area contributed by atoms with Gasteiger partial charge in [-0.2, -0.15) is 0 Å². The van der Waals surface area contributed by atoms with Crippen molar-refractivity contribution in [3.8, 4) is 0 Å². The van der Waals surface area contributed by atoms with Crippen molar-refractivity contribution in [2.45, 2.75) is 108 Å². The third kappa shape index (κ3) is 3.42. The van der Waals surface area contributed by atoms with Crippen LogP contribution in [0.4, 0.5) is 5.69 Å². The van der Waals surface area contributed by atoms with Crippen LogP contribution in [0.5, 0.6) is 0 Å². The number of nitrogens with one attached hydrogen (secondary N) is 1. The van der Waals surface area contributed by atoms with Crippen LogP contribution in [0.3, 0.4) is 0 Å². The van der Waals surface area contributed by atoms with Gasteiger partial charge < -0.3 is 19.5 Å². The van der Waals surface area contributed by atoms with E-state index in [1.54, 1.807) is 0 Å². The molecule has 2 spiro atoms. The minimum atomic E-state index is -0.404. The lowest BCUT2D eigenvalue weighted by Gasteiger charge is -2.49. The standard InChI is InChI=1S/C29H42BN3O3/c1-26(2)27(3,4)36-30(35-26)20-6-7-23-24(16-20)33(25(34)29(23)11-13-31-14-12-29)22-17-21(18-22)32-15-5-8-28(19-32)9-10-28/h6-7,16,21-22,31H,5,8-15,17-19H2,1-4H3/t21-,22+. The highest BCUT2D eigenvalue weighted by Gasteiger charge is 2.57. The van der Waals surface area contributed by atoms with E-state index in [0.29, 0.717) is 23.4 Å². The average molecular weight is 491 g/mol. The first-order chi connectivity index (χ1) is 17.1. The van der Waals surface area contributed by atoms with Crippen LogP contribution in [0.1, 0.15) is 84.6 Å². The zero-order chi connectivity index (χ0) is 24.9. The molecule has 0 unspecified atom stereocenters. The molecule has 7 heteroatoms. The molecule has 6 nitrogen and oxygen atoms in total. The van der Waals surface area contributed by atoms with E-state index < -0.39 is 7.12 Å². The summed E-state index contributed by atoms with van der Waals surface area (Å²) in [6.07, 6.45) is 9.61. The molecule has 5 fully saturated rings. The molecule has 2 aliphatic carbocycles. The van der Waals surface area contributed by atoms with E-state index in [1.807, 2.05) is 0 Å². The number of piperidine rings is 2. The Hall–Kier alpha value is -1.41. The maximum Gasteiger partial charge on any atom is 0.494 e. The van der Waals surface area contributed by atoms with E-state index in [0.717, 1.165) is 49.9 Å². The molecule has 1 amide bonds. The van der Waals surface area contributed by atoms with Crippen molar-refractivity contribution >= 4 is 24.2 Å². The van der Waals surface area contributed by atoms with Gasteiger partial charge in [0.15, 0.2) is 0 Å². The number of fused-ring (bicyclic) bond motifs is 2. The van der Waals surface area contributed by atoms with Crippen molar-refractivity contribution in [3.05, 3.63) is 23.8 Å². The zero-order valence-electron chi connectivity index (χ0n) is 22.6. The number of hydrogen-bond donors (Lipinski definition) is 1. The van der Waals surface area contributed by atoms with Crippen molar-refractivity contribution < 1.29 is 14.1 Å². The summed E-state index contributed by atoms with van der Waals surface area (Å²) in [7, 11) is -0.404. The molecule has 0 radical (unpaired) electrons. The van der Waals surface area contributed by atoms with E-state index in [9.17, 15) is 4.79 Å². The molecule has 0 atom stereocenters.